The number of hydrogen-bond donors (Lipinski definition) is 1. The summed E-state index contributed by atoms with van der Waals surface area (Å²) < 4.78 is 7.61. The molecular weight excluding hydrogens is 373 g/mol. The van der Waals surface area contributed by atoms with Crippen molar-refractivity contribution < 1.29 is 9.53 Å². The maximum Gasteiger partial charge on any atom is 0.258 e. The number of nitrogens with zero attached hydrogens (tertiary/aromatic N) is 2. The fourth-order valence-corrected chi connectivity index (χ4v) is 3.75. The Labute approximate surface area is 163 Å². The molecular formula is C19H23Cl2N3O2. The van der Waals surface area contributed by atoms with Gasteiger partial charge >= 0.3 is 0 Å². The molecule has 0 unspecified atom stereocenters. The molecule has 0 bridgehead atoms. The Hall–Kier alpha value is -1.69. The Bertz CT molecular complexity index is 757. The molecule has 140 valence electrons. The van der Waals surface area contributed by atoms with Gasteiger partial charge in [0.05, 0.1) is 11.1 Å². The monoisotopic (exact) mass is 395 g/mol. The summed E-state index contributed by atoms with van der Waals surface area (Å²) in [7, 11) is 2.03. The minimum Gasteiger partial charge on any atom is -0.482 e. The average Bonchev–Trinajstić information content (AvgIpc) is 3.27. The minimum atomic E-state index is -0.172. The summed E-state index contributed by atoms with van der Waals surface area (Å²) in [6.45, 7) is 2.58. The number of halogens is 2. The molecule has 1 amide bonds. The molecule has 1 fully saturated rings. The smallest absolute Gasteiger partial charge is 0.258 e. The summed E-state index contributed by atoms with van der Waals surface area (Å²) in [6, 6.07) is 9.25. The molecule has 1 aliphatic heterocycles. The summed E-state index contributed by atoms with van der Waals surface area (Å²) in [6.07, 6.45) is 4.44. The van der Waals surface area contributed by atoms with Crippen LogP contribution in [-0.4, -0.2) is 41.6 Å². The highest BCUT2D eigenvalue weighted by Gasteiger charge is 2.25. The predicted octanol–water partition coefficient (Wildman–Crippen LogP) is 3.66. The van der Waals surface area contributed by atoms with Gasteiger partial charge < -0.3 is 14.6 Å². The second-order valence-corrected chi connectivity index (χ2v) is 7.31. The van der Waals surface area contributed by atoms with Crippen LogP contribution in [0, 0.1) is 0 Å². The van der Waals surface area contributed by atoms with Crippen molar-refractivity contribution in [2.45, 2.75) is 18.9 Å². The van der Waals surface area contributed by atoms with Gasteiger partial charge in [0.15, 0.2) is 6.61 Å². The van der Waals surface area contributed by atoms with Crippen LogP contribution in [-0.2, 0) is 11.8 Å². The van der Waals surface area contributed by atoms with Crippen molar-refractivity contribution in [1.29, 1.82) is 0 Å². The molecule has 1 aliphatic rings. The number of aromatic nitrogens is 1. The first-order valence-electron chi connectivity index (χ1n) is 8.74. The van der Waals surface area contributed by atoms with E-state index >= 15 is 0 Å². The molecule has 0 spiro atoms. The van der Waals surface area contributed by atoms with Crippen LogP contribution in [0.1, 0.15) is 24.6 Å². The summed E-state index contributed by atoms with van der Waals surface area (Å²) in [4.78, 5) is 14.7. The fraction of sp³-hybridized carbons (Fsp3) is 0.421. The molecule has 3 rings (SSSR count). The molecule has 2 aromatic rings. The standard InChI is InChI=1S/C19H23Cl2N3O2/c1-23-8-4-5-16(23)17(24-9-2-3-10-24)12-22-19(25)13-26-18-7-6-14(20)11-15(18)21/h4-8,11,17H,2-3,9-10,12-13H2,1H3,(H,22,25)/t17-/m0/s1. The minimum absolute atomic E-state index is 0.0821. The summed E-state index contributed by atoms with van der Waals surface area (Å²) in [5.41, 5.74) is 1.20. The molecule has 2 heterocycles. The van der Waals surface area contributed by atoms with Crippen molar-refractivity contribution in [3.63, 3.8) is 0 Å². The van der Waals surface area contributed by atoms with E-state index in [1.807, 2.05) is 19.3 Å². The third-order valence-electron chi connectivity index (χ3n) is 4.65. The Kier molecular flexibility index (Phi) is 6.46. The molecule has 26 heavy (non-hydrogen) atoms. The van der Waals surface area contributed by atoms with Gasteiger partial charge in [-0.25, -0.2) is 0 Å². The molecule has 1 atom stereocenters. The lowest BCUT2D eigenvalue weighted by molar-refractivity contribution is -0.123. The molecule has 1 saturated heterocycles. The maximum atomic E-state index is 12.2. The van der Waals surface area contributed by atoms with Crippen molar-refractivity contribution in [3.8, 4) is 5.75 Å². The van der Waals surface area contributed by atoms with Gasteiger partial charge in [-0.05, 0) is 56.3 Å². The molecule has 0 aliphatic carbocycles. The number of hydrogen-bond acceptors (Lipinski definition) is 3. The van der Waals surface area contributed by atoms with E-state index in [1.54, 1.807) is 18.2 Å². The Morgan fingerprint density at radius 3 is 2.69 bits per heavy atom. The third-order valence-corrected chi connectivity index (χ3v) is 5.18. The number of aryl methyl sites for hydroxylation is 1. The number of nitrogens with one attached hydrogen (secondary N) is 1. The van der Waals surface area contributed by atoms with Gasteiger partial charge in [-0.15, -0.1) is 0 Å². The summed E-state index contributed by atoms with van der Waals surface area (Å²) >= 11 is 11.9. The first-order chi connectivity index (χ1) is 12.5. The predicted molar refractivity (Wildman–Crippen MR) is 104 cm³/mol. The highest BCUT2D eigenvalue weighted by molar-refractivity contribution is 6.35. The summed E-state index contributed by atoms with van der Waals surface area (Å²) in [5.74, 6) is 0.277. The fourth-order valence-electron chi connectivity index (χ4n) is 3.29. The van der Waals surface area contributed by atoms with Crippen molar-refractivity contribution >= 4 is 29.1 Å². The van der Waals surface area contributed by atoms with Gasteiger partial charge in [-0.2, -0.15) is 0 Å². The summed E-state index contributed by atoms with van der Waals surface area (Å²) in [5, 5.41) is 3.91. The zero-order chi connectivity index (χ0) is 18.5. The van der Waals surface area contributed by atoms with E-state index in [1.165, 1.54) is 18.5 Å². The van der Waals surface area contributed by atoms with Crippen LogP contribution in [0.15, 0.2) is 36.5 Å². The second-order valence-electron chi connectivity index (χ2n) is 6.47. The SMILES string of the molecule is Cn1cccc1[C@H](CNC(=O)COc1ccc(Cl)cc1Cl)N1CCCC1. The quantitative estimate of drug-likeness (QED) is 0.777. The van der Waals surface area contributed by atoms with Crippen molar-refractivity contribution in [1.82, 2.24) is 14.8 Å². The zero-order valence-corrected chi connectivity index (χ0v) is 16.3. The van der Waals surface area contributed by atoms with Gasteiger partial charge in [0.25, 0.3) is 5.91 Å². The van der Waals surface area contributed by atoms with Crippen molar-refractivity contribution in [3.05, 3.63) is 52.3 Å². The van der Waals surface area contributed by atoms with Crippen LogP contribution in [0.2, 0.25) is 10.0 Å². The third kappa shape index (κ3) is 4.72. The lowest BCUT2D eigenvalue weighted by Gasteiger charge is -2.28. The number of amides is 1. The molecule has 5 nitrogen and oxygen atoms in total. The number of likely N-dealkylation sites (tertiary alicyclic amines) is 1. The first-order valence-corrected chi connectivity index (χ1v) is 9.50. The van der Waals surface area contributed by atoms with Gasteiger partial charge in [-0.1, -0.05) is 23.2 Å². The maximum absolute atomic E-state index is 12.2. The van der Waals surface area contributed by atoms with E-state index in [-0.39, 0.29) is 18.6 Å². The van der Waals surface area contributed by atoms with Crippen LogP contribution in [0.4, 0.5) is 0 Å². The molecule has 1 aromatic carbocycles. The highest BCUT2D eigenvalue weighted by Crippen LogP contribution is 2.27. The van der Waals surface area contributed by atoms with Gasteiger partial charge in [0, 0.05) is 30.5 Å². The van der Waals surface area contributed by atoms with E-state index in [9.17, 15) is 4.79 Å². The van der Waals surface area contributed by atoms with Crippen LogP contribution >= 0.6 is 23.2 Å². The van der Waals surface area contributed by atoms with Gasteiger partial charge in [0.2, 0.25) is 0 Å². The lowest BCUT2D eigenvalue weighted by Crippen LogP contribution is -2.39. The van der Waals surface area contributed by atoms with Crippen LogP contribution in [0.3, 0.4) is 0 Å². The van der Waals surface area contributed by atoms with E-state index in [4.69, 9.17) is 27.9 Å². The van der Waals surface area contributed by atoms with Gasteiger partial charge in [-0.3, -0.25) is 9.69 Å². The number of carbonyl (C=O) groups excluding carboxylic acids is 1. The van der Waals surface area contributed by atoms with E-state index in [2.05, 4.69) is 20.9 Å². The second kappa shape index (κ2) is 8.80. The topological polar surface area (TPSA) is 46.5 Å². The van der Waals surface area contributed by atoms with E-state index in [0.29, 0.717) is 22.3 Å². The average molecular weight is 396 g/mol. The van der Waals surface area contributed by atoms with Gasteiger partial charge in [0.1, 0.15) is 5.75 Å². The van der Waals surface area contributed by atoms with Crippen LogP contribution in [0.5, 0.6) is 5.75 Å². The highest BCUT2D eigenvalue weighted by atomic mass is 35.5. The Morgan fingerprint density at radius 2 is 2.04 bits per heavy atom. The largest absolute Gasteiger partial charge is 0.482 e. The van der Waals surface area contributed by atoms with E-state index < -0.39 is 0 Å². The number of rotatable bonds is 7. The normalized spacial score (nSPS) is 15.8. The molecule has 1 aromatic heterocycles. The zero-order valence-electron chi connectivity index (χ0n) is 14.8. The molecule has 0 radical (unpaired) electrons. The Morgan fingerprint density at radius 1 is 1.27 bits per heavy atom. The first kappa shape index (κ1) is 19.1. The lowest BCUT2D eigenvalue weighted by atomic mass is 10.1. The van der Waals surface area contributed by atoms with Crippen LogP contribution < -0.4 is 10.1 Å². The Balaban J connectivity index is 1.56. The van der Waals surface area contributed by atoms with E-state index in [0.717, 1.165) is 13.1 Å². The van der Waals surface area contributed by atoms with Crippen LogP contribution in [0.25, 0.3) is 0 Å². The molecule has 0 saturated carbocycles. The number of carbonyl (C=O) groups is 1. The molecule has 7 heteroatoms. The number of benzene rings is 1. The van der Waals surface area contributed by atoms with Crippen molar-refractivity contribution in [2.24, 2.45) is 7.05 Å². The molecule has 1 N–H and O–H groups in total. The number of ether oxygens (including phenoxy) is 1. The van der Waals surface area contributed by atoms with Crippen molar-refractivity contribution in [2.75, 3.05) is 26.2 Å².